The fraction of sp³-hybridized carbons (Fsp3) is 0.0625. The van der Waals surface area contributed by atoms with E-state index < -0.39 is 9.20 Å². The molecule has 6 heteroatoms. The molecule has 0 aliphatic rings. The molecule has 1 heterocycles. The first-order valence-corrected chi connectivity index (χ1v) is 12.3. The average molecular weight is 419 g/mol. The van der Waals surface area contributed by atoms with E-state index in [1.807, 2.05) is 43.3 Å². The van der Waals surface area contributed by atoms with Crippen LogP contribution >= 0.6 is 40.4 Å². The second-order valence-corrected chi connectivity index (χ2v) is 15.4. The van der Waals surface area contributed by atoms with E-state index in [9.17, 15) is 0 Å². The van der Waals surface area contributed by atoms with Crippen molar-refractivity contribution in [2.75, 3.05) is 0 Å². The number of para-hydroxylation sites is 1. The van der Waals surface area contributed by atoms with Crippen molar-refractivity contribution in [2.24, 2.45) is 0 Å². The third kappa shape index (κ3) is 5.62. The number of halogens is 4. The normalized spacial score (nSPS) is 11.7. The molecule has 3 aromatic rings. The van der Waals surface area contributed by atoms with E-state index in [1.165, 1.54) is 5.56 Å². The molecule has 0 spiro atoms. The number of fused-ring (bicyclic) bond motifs is 1. The standard InChI is InChI=1S/C16H13O.4ClH.Fe/c1-12-15(13-7-3-2-4-8-13)11-14-9-5-6-10-16(14)17-12;;;;;/h2-11H,1H3;4*1H;/q+1;;;;;+3/p-4. The Kier molecular flexibility index (Phi) is 6.40. The fourth-order valence-electron chi connectivity index (χ4n) is 2.07. The summed E-state index contributed by atoms with van der Waals surface area (Å²) in [5.41, 5.74) is 3.29. The van der Waals surface area contributed by atoms with Crippen LogP contribution in [-0.2, 0) is 9.20 Å². The number of hydrogen-bond donors (Lipinski definition) is 0. The Hall–Kier alpha value is -0.471. The van der Waals surface area contributed by atoms with Crippen LogP contribution < -0.4 is 0 Å². The van der Waals surface area contributed by atoms with E-state index >= 15 is 0 Å². The molecular formula is C16H13Cl4FeO. The first kappa shape index (κ1) is 17.9. The summed E-state index contributed by atoms with van der Waals surface area (Å²) in [5.74, 6) is 0.954. The van der Waals surface area contributed by atoms with Crippen molar-refractivity contribution >= 4 is 51.4 Å². The summed E-state index contributed by atoms with van der Waals surface area (Å²) in [6.45, 7) is 2.01. The summed E-state index contributed by atoms with van der Waals surface area (Å²) in [6, 6.07) is 20.6. The first-order valence-electron chi connectivity index (χ1n) is 6.26. The fourth-order valence-corrected chi connectivity index (χ4v) is 2.07. The van der Waals surface area contributed by atoms with Crippen LogP contribution in [0.15, 0.2) is 65.1 Å². The second kappa shape index (κ2) is 7.88. The van der Waals surface area contributed by atoms with Crippen LogP contribution in [0.25, 0.3) is 22.1 Å². The van der Waals surface area contributed by atoms with Gasteiger partial charge in [-0.1, -0.05) is 42.5 Å². The summed E-state index contributed by atoms with van der Waals surface area (Å²) < 4.78 is 5.85. The van der Waals surface area contributed by atoms with E-state index in [1.54, 1.807) is 0 Å². The number of rotatable bonds is 1. The van der Waals surface area contributed by atoms with Crippen molar-refractivity contribution < 1.29 is 13.6 Å². The predicted octanol–water partition coefficient (Wildman–Crippen LogP) is 7.44. The van der Waals surface area contributed by atoms with Crippen LogP contribution in [0.1, 0.15) is 5.76 Å². The molecule has 0 atom stereocenters. The molecule has 0 bridgehead atoms. The van der Waals surface area contributed by atoms with Gasteiger partial charge in [0.15, 0.2) is 0 Å². The van der Waals surface area contributed by atoms with E-state index in [-0.39, 0.29) is 0 Å². The van der Waals surface area contributed by atoms with Crippen LogP contribution in [0.5, 0.6) is 0 Å². The van der Waals surface area contributed by atoms with Crippen LogP contribution in [0.3, 0.4) is 0 Å². The Morgan fingerprint density at radius 3 is 2.00 bits per heavy atom. The van der Waals surface area contributed by atoms with Gasteiger partial charge in [-0.15, -0.1) is 0 Å². The molecule has 2 aromatic carbocycles. The van der Waals surface area contributed by atoms with Gasteiger partial charge in [0.2, 0.25) is 0 Å². The molecule has 0 aliphatic carbocycles. The van der Waals surface area contributed by atoms with E-state index in [4.69, 9.17) is 44.8 Å². The third-order valence-corrected chi connectivity index (χ3v) is 2.95. The van der Waals surface area contributed by atoms with E-state index in [0.717, 1.165) is 22.3 Å². The maximum atomic E-state index is 5.85. The topological polar surface area (TPSA) is 11.3 Å². The molecule has 1 nitrogen and oxygen atoms in total. The zero-order valence-corrected chi connectivity index (χ0v) is 15.7. The molecular weight excluding hydrogens is 406 g/mol. The molecule has 119 valence electrons. The van der Waals surface area contributed by atoms with Gasteiger partial charge in [0.25, 0.3) is 0 Å². The van der Waals surface area contributed by atoms with Gasteiger partial charge < -0.3 is 0 Å². The summed E-state index contributed by atoms with van der Waals surface area (Å²) in [5, 5.41) is 1.14. The zero-order chi connectivity index (χ0) is 16.2. The first-order chi connectivity index (χ1) is 10.3. The monoisotopic (exact) mass is 417 g/mol. The zero-order valence-electron chi connectivity index (χ0n) is 11.5. The van der Waals surface area contributed by atoms with Gasteiger partial charge in [0.05, 0.1) is 17.9 Å². The Morgan fingerprint density at radius 2 is 1.36 bits per heavy atom. The Bertz CT molecular complexity index is 751. The van der Waals surface area contributed by atoms with Gasteiger partial charge in [0.1, 0.15) is 0 Å². The van der Waals surface area contributed by atoms with Crippen molar-refractivity contribution in [3.63, 3.8) is 0 Å². The SMILES string of the molecule is Cc1[o+]c2ccccc2cc1-c1ccccc1.[Cl][Fe-]([Cl])([Cl])[Cl]. The van der Waals surface area contributed by atoms with Gasteiger partial charge in [-0.3, -0.25) is 0 Å². The molecule has 22 heavy (non-hydrogen) atoms. The Morgan fingerprint density at radius 1 is 0.818 bits per heavy atom. The molecule has 0 saturated carbocycles. The minimum atomic E-state index is -2.61. The van der Waals surface area contributed by atoms with Crippen molar-refractivity contribution in [2.45, 2.75) is 6.92 Å². The molecule has 0 saturated heterocycles. The Labute approximate surface area is 148 Å². The van der Waals surface area contributed by atoms with Crippen molar-refractivity contribution in [3.8, 4) is 11.1 Å². The molecule has 0 aliphatic heterocycles. The predicted molar refractivity (Wildman–Crippen MR) is 94.2 cm³/mol. The minimum absolute atomic E-state index is 0.935. The number of aryl methyl sites for hydroxylation is 1. The molecule has 0 amide bonds. The van der Waals surface area contributed by atoms with Crippen LogP contribution in [-0.4, -0.2) is 0 Å². The molecule has 3 rings (SSSR count). The molecule has 0 radical (unpaired) electrons. The third-order valence-electron chi connectivity index (χ3n) is 2.95. The number of hydrogen-bond acceptors (Lipinski definition) is 0. The maximum absolute atomic E-state index is 5.85. The quantitative estimate of drug-likeness (QED) is 0.295. The Balaban J connectivity index is 0.000000309. The molecule has 1 aromatic heterocycles. The van der Waals surface area contributed by atoms with Crippen LogP contribution in [0.2, 0.25) is 0 Å². The second-order valence-electron chi connectivity index (χ2n) is 4.42. The van der Waals surface area contributed by atoms with Gasteiger partial charge in [-0.2, -0.15) is 0 Å². The van der Waals surface area contributed by atoms with Gasteiger partial charge in [-0.05, 0) is 17.7 Å². The van der Waals surface area contributed by atoms with Crippen molar-refractivity contribution in [1.82, 2.24) is 0 Å². The van der Waals surface area contributed by atoms with Gasteiger partial charge >= 0.3 is 60.9 Å². The van der Waals surface area contributed by atoms with E-state index in [2.05, 4.69) is 24.3 Å². The molecule has 0 unspecified atom stereocenters. The summed E-state index contributed by atoms with van der Waals surface area (Å²) >= 11 is 0. The average Bonchev–Trinajstić information content (AvgIpc) is 2.46. The summed E-state index contributed by atoms with van der Waals surface area (Å²) in [4.78, 5) is 0. The van der Waals surface area contributed by atoms with Crippen molar-refractivity contribution in [3.05, 3.63) is 66.4 Å². The molecule has 0 fully saturated rings. The molecule has 0 N–H and O–H groups in total. The van der Waals surface area contributed by atoms with Gasteiger partial charge in [0, 0.05) is 6.07 Å². The number of benzene rings is 2. The van der Waals surface area contributed by atoms with E-state index in [0.29, 0.717) is 0 Å². The van der Waals surface area contributed by atoms with Gasteiger partial charge in [-0.25, -0.2) is 4.42 Å². The van der Waals surface area contributed by atoms with Crippen molar-refractivity contribution in [1.29, 1.82) is 0 Å². The summed E-state index contributed by atoms with van der Waals surface area (Å²) in [7, 11) is 17.2. The van der Waals surface area contributed by atoms with Crippen LogP contribution in [0.4, 0.5) is 0 Å². The van der Waals surface area contributed by atoms with Crippen LogP contribution in [0, 0.1) is 6.92 Å². The summed E-state index contributed by atoms with van der Waals surface area (Å²) in [6.07, 6.45) is 0.